The monoisotopic (exact) mass is 248 g/mol. The van der Waals surface area contributed by atoms with Crippen molar-refractivity contribution in [3.63, 3.8) is 0 Å². The summed E-state index contributed by atoms with van der Waals surface area (Å²) in [4.78, 5) is 2.28. The van der Waals surface area contributed by atoms with Gasteiger partial charge in [-0.2, -0.15) is 0 Å². The summed E-state index contributed by atoms with van der Waals surface area (Å²) >= 11 is 0. The molecule has 100 valence electrons. The summed E-state index contributed by atoms with van der Waals surface area (Å²) in [7, 11) is 0. The Morgan fingerprint density at radius 2 is 1.83 bits per heavy atom. The van der Waals surface area contributed by atoms with Crippen LogP contribution in [0.5, 0.6) is 0 Å². The third-order valence-electron chi connectivity index (χ3n) is 3.75. The first kappa shape index (κ1) is 13.5. The van der Waals surface area contributed by atoms with Crippen LogP contribution < -0.4 is 5.73 Å². The van der Waals surface area contributed by atoms with Crippen molar-refractivity contribution >= 4 is 0 Å². The standard InChI is InChI=1S/C15H24N2O/c16-10-11-17(12-14-6-2-1-3-7-14)13-15(18)8-4-5-9-15/h1-3,6-7,18H,4-5,8-13,16H2. The third kappa shape index (κ3) is 3.80. The fraction of sp³-hybridized carbons (Fsp3) is 0.600. The van der Waals surface area contributed by atoms with Gasteiger partial charge in [-0.25, -0.2) is 0 Å². The van der Waals surface area contributed by atoms with Crippen LogP contribution in [0.15, 0.2) is 30.3 Å². The summed E-state index contributed by atoms with van der Waals surface area (Å²) in [5, 5.41) is 10.5. The van der Waals surface area contributed by atoms with E-state index in [0.717, 1.165) is 45.3 Å². The number of nitrogens with zero attached hydrogens (tertiary/aromatic N) is 1. The van der Waals surface area contributed by atoms with E-state index in [0.29, 0.717) is 6.54 Å². The molecule has 0 heterocycles. The molecule has 3 N–H and O–H groups in total. The maximum Gasteiger partial charge on any atom is 0.0774 e. The van der Waals surface area contributed by atoms with E-state index in [4.69, 9.17) is 5.73 Å². The van der Waals surface area contributed by atoms with Crippen molar-refractivity contribution in [3.8, 4) is 0 Å². The van der Waals surface area contributed by atoms with Crippen LogP contribution in [0.3, 0.4) is 0 Å². The van der Waals surface area contributed by atoms with Gasteiger partial charge in [-0.15, -0.1) is 0 Å². The fourth-order valence-electron chi connectivity index (χ4n) is 2.85. The van der Waals surface area contributed by atoms with Crippen molar-refractivity contribution in [1.29, 1.82) is 0 Å². The molecule has 2 rings (SSSR count). The molecule has 1 aliphatic carbocycles. The Bertz CT molecular complexity index is 347. The maximum atomic E-state index is 10.5. The van der Waals surface area contributed by atoms with E-state index in [1.165, 1.54) is 5.56 Å². The van der Waals surface area contributed by atoms with E-state index in [1.54, 1.807) is 0 Å². The van der Waals surface area contributed by atoms with Crippen LogP contribution in [0.4, 0.5) is 0 Å². The zero-order valence-corrected chi connectivity index (χ0v) is 11.0. The van der Waals surface area contributed by atoms with Crippen LogP contribution >= 0.6 is 0 Å². The smallest absolute Gasteiger partial charge is 0.0774 e. The lowest BCUT2D eigenvalue weighted by atomic mass is 10.0. The largest absolute Gasteiger partial charge is 0.389 e. The summed E-state index contributed by atoms with van der Waals surface area (Å²) in [6, 6.07) is 10.4. The Balaban J connectivity index is 1.95. The number of nitrogens with two attached hydrogens (primary N) is 1. The first-order valence-corrected chi connectivity index (χ1v) is 6.91. The van der Waals surface area contributed by atoms with E-state index in [1.807, 2.05) is 6.07 Å². The highest BCUT2D eigenvalue weighted by molar-refractivity contribution is 5.14. The van der Waals surface area contributed by atoms with Crippen LogP contribution in [0.25, 0.3) is 0 Å². The summed E-state index contributed by atoms with van der Waals surface area (Å²) < 4.78 is 0. The lowest BCUT2D eigenvalue weighted by molar-refractivity contribution is 0.00789. The van der Waals surface area contributed by atoms with Crippen LogP contribution in [0.2, 0.25) is 0 Å². The molecule has 0 radical (unpaired) electrons. The van der Waals surface area contributed by atoms with Crippen molar-refractivity contribution in [2.45, 2.75) is 37.8 Å². The number of rotatable bonds is 6. The Morgan fingerprint density at radius 3 is 2.44 bits per heavy atom. The fourth-order valence-corrected chi connectivity index (χ4v) is 2.85. The van der Waals surface area contributed by atoms with Crippen molar-refractivity contribution in [2.24, 2.45) is 5.73 Å². The highest BCUT2D eigenvalue weighted by Gasteiger charge is 2.32. The summed E-state index contributed by atoms with van der Waals surface area (Å²) in [6.45, 7) is 3.11. The van der Waals surface area contributed by atoms with Crippen molar-refractivity contribution in [2.75, 3.05) is 19.6 Å². The second-order valence-corrected chi connectivity index (χ2v) is 5.42. The first-order chi connectivity index (χ1) is 8.72. The number of hydrogen-bond donors (Lipinski definition) is 2. The predicted octanol–water partition coefficient (Wildman–Crippen LogP) is 1.75. The molecule has 1 aromatic rings. The summed E-state index contributed by atoms with van der Waals surface area (Å²) in [5.74, 6) is 0. The number of benzene rings is 1. The zero-order valence-electron chi connectivity index (χ0n) is 11.0. The molecule has 1 aliphatic rings. The van der Waals surface area contributed by atoms with Crippen molar-refractivity contribution in [1.82, 2.24) is 4.90 Å². The van der Waals surface area contributed by atoms with Gasteiger partial charge in [-0.1, -0.05) is 43.2 Å². The summed E-state index contributed by atoms with van der Waals surface area (Å²) in [5.41, 5.74) is 6.48. The van der Waals surface area contributed by atoms with Crippen molar-refractivity contribution in [3.05, 3.63) is 35.9 Å². The quantitative estimate of drug-likeness (QED) is 0.806. The van der Waals surface area contributed by atoms with Crippen LogP contribution in [-0.2, 0) is 6.54 Å². The van der Waals surface area contributed by atoms with Gasteiger partial charge in [-0.05, 0) is 18.4 Å². The van der Waals surface area contributed by atoms with Gasteiger partial charge in [0.2, 0.25) is 0 Å². The topological polar surface area (TPSA) is 49.5 Å². The molecular formula is C15H24N2O. The Hall–Kier alpha value is -0.900. The Labute approximate surface area is 110 Å². The second kappa shape index (κ2) is 6.32. The lowest BCUT2D eigenvalue weighted by Crippen LogP contribution is -2.42. The highest BCUT2D eigenvalue weighted by atomic mass is 16.3. The average molecular weight is 248 g/mol. The first-order valence-electron chi connectivity index (χ1n) is 6.91. The van der Waals surface area contributed by atoms with Crippen LogP contribution in [0, 0.1) is 0 Å². The normalized spacial score (nSPS) is 18.4. The van der Waals surface area contributed by atoms with Gasteiger partial charge in [0, 0.05) is 26.2 Å². The number of aliphatic hydroxyl groups is 1. The van der Waals surface area contributed by atoms with Gasteiger partial charge in [0.25, 0.3) is 0 Å². The third-order valence-corrected chi connectivity index (χ3v) is 3.75. The predicted molar refractivity (Wildman–Crippen MR) is 74.2 cm³/mol. The molecule has 0 atom stereocenters. The van der Waals surface area contributed by atoms with Crippen LogP contribution in [-0.4, -0.2) is 35.2 Å². The highest BCUT2D eigenvalue weighted by Crippen LogP contribution is 2.30. The SMILES string of the molecule is NCCN(Cc1ccccc1)CC1(O)CCCC1. The van der Waals surface area contributed by atoms with E-state index in [9.17, 15) is 5.11 Å². The molecule has 0 aromatic heterocycles. The molecule has 3 heteroatoms. The van der Waals surface area contributed by atoms with Crippen LogP contribution in [0.1, 0.15) is 31.2 Å². The molecule has 1 aromatic carbocycles. The second-order valence-electron chi connectivity index (χ2n) is 5.42. The van der Waals surface area contributed by atoms with Gasteiger partial charge in [0.15, 0.2) is 0 Å². The molecule has 0 bridgehead atoms. The van der Waals surface area contributed by atoms with Gasteiger partial charge in [-0.3, -0.25) is 4.90 Å². The molecule has 1 saturated carbocycles. The lowest BCUT2D eigenvalue weighted by Gasteiger charge is -2.31. The van der Waals surface area contributed by atoms with Gasteiger partial charge in [0.05, 0.1) is 5.60 Å². The van der Waals surface area contributed by atoms with Gasteiger partial charge in [0.1, 0.15) is 0 Å². The molecule has 18 heavy (non-hydrogen) atoms. The molecule has 0 aliphatic heterocycles. The molecule has 0 spiro atoms. The van der Waals surface area contributed by atoms with E-state index < -0.39 is 5.60 Å². The van der Waals surface area contributed by atoms with E-state index in [2.05, 4.69) is 29.2 Å². The van der Waals surface area contributed by atoms with E-state index in [-0.39, 0.29) is 0 Å². The minimum atomic E-state index is -0.482. The van der Waals surface area contributed by atoms with Gasteiger partial charge >= 0.3 is 0 Å². The molecule has 1 fully saturated rings. The maximum absolute atomic E-state index is 10.5. The minimum Gasteiger partial charge on any atom is -0.389 e. The zero-order chi connectivity index (χ0) is 12.8. The minimum absolute atomic E-state index is 0.482. The Kier molecular flexibility index (Phi) is 4.75. The average Bonchev–Trinajstić information content (AvgIpc) is 2.77. The Morgan fingerprint density at radius 1 is 1.17 bits per heavy atom. The molecule has 0 unspecified atom stereocenters. The van der Waals surface area contributed by atoms with E-state index >= 15 is 0 Å². The molecule has 3 nitrogen and oxygen atoms in total. The molecule has 0 saturated heterocycles. The molecule has 0 amide bonds. The summed E-state index contributed by atoms with van der Waals surface area (Å²) in [6.07, 6.45) is 4.17. The van der Waals surface area contributed by atoms with Crippen molar-refractivity contribution < 1.29 is 5.11 Å². The van der Waals surface area contributed by atoms with Gasteiger partial charge < -0.3 is 10.8 Å². The molecular weight excluding hydrogens is 224 g/mol. The number of hydrogen-bond acceptors (Lipinski definition) is 3.